The number of rotatable bonds is 11. The molecule has 1 heterocycles. The van der Waals surface area contributed by atoms with Crippen molar-refractivity contribution in [1.29, 1.82) is 0 Å². The Kier molecular flexibility index (Phi) is 7.97. The highest BCUT2D eigenvalue weighted by molar-refractivity contribution is 5.74. The van der Waals surface area contributed by atoms with Crippen LogP contribution in [0.1, 0.15) is 37.7 Å². The molecule has 1 fully saturated rings. The second-order valence-corrected chi connectivity index (χ2v) is 7.80. The van der Waals surface area contributed by atoms with Gasteiger partial charge in [0.2, 0.25) is 5.91 Å². The van der Waals surface area contributed by atoms with Gasteiger partial charge in [0.25, 0.3) is 0 Å². The van der Waals surface area contributed by atoms with Crippen LogP contribution in [0.2, 0.25) is 0 Å². The topological polar surface area (TPSA) is 74.0 Å². The first-order chi connectivity index (χ1) is 14.5. The van der Waals surface area contributed by atoms with Crippen LogP contribution in [0.5, 0.6) is 11.5 Å². The van der Waals surface area contributed by atoms with E-state index in [0.717, 1.165) is 43.0 Å². The van der Waals surface area contributed by atoms with Crippen molar-refractivity contribution in [2.75, 3.05) is 38.3 Å². The molecule has 2 atom stereocenters. The highest BCUT2D eigenvalue weighted by atomic mass is 16.5. The van der Waals surface area contributed by atoms with E-state index in [9.17, 15) is 4.79 Å². The summed E-state index contributed by atoms with van der Waals surface area (Å²) in [6.45, 7) is 5.20. The van der Waals surface area contributed by atoms with Gasteiger partial charge in [0, 0.05) is 45.2 Å². The summed E-state index contributed by atoms with van der Waals surface area (Å²) in [7, 11) is 1.70. The number of methoxy groups -OCH3 is 1. The van der Waals surface area contributed by atoms with E-state index in [2.05, 4.69) is 17.0 Å². The van der Waals surface area contributed by atoms with Crippen molar-refractivity contribution in [2.45, 2.75) is 38.2 Å². The summed E-state index contributed by atoms with van der Waals surface area (Å²) in [6.07, 6.45) is 2.38. The van der Waals surface area contributed by atoms with Crippen molar-refractivity contribution in [2.24, 2.45) is 5.73 Å². The molecule has 0 radical (unpaired) electrons. The minimum absolute atomic E-state index is 0.116. The summed E-state index contributed by atoms with van der Waals surface area (Å²) in [5, 5.41) is 0. The molecule has 1 saturated heterocycles. The van der Waals surface area contributed by atoms with Crippen LogP contribution in [0.3, 0.4) is 0 Å². The maximum atomic E-state index is 11.1. The van der Waals surface area contributed by atoms with Gasteiger partial charge >= 0.3 is 0 Å². The molecular formula is C24H32N2O4. The first kappa shape index (κ1) is 22.0. The number of amides is 1. The molecule has 0 unspecified atom stereocenters. The number of anilines is 1. The summed E-state index contributed by atoms with van der Waals surface area (Å²) in [5.41, 5.74) is 7.57. The van der Waals surface area contributed by atoms with E-state index in [1.165, 1.54) is 5.69 Å². The van der Waals surface area contributed by atoms with Gasteiger partial charge in [-0.05, 0) is 47.9 Å². The summed E-state index contributed by atoms with van der Waals surface area (Å²) in [4.78, 5) is 13.4. The number of carbonyl (C=O) groups is 1. The Bertz CT molecular complexity index is 792. The molecule has 3 rings (SSSR count). The smallest absolute Gasteiger partial charge is 0.218 e. The zero-order valence-electron chi connectivity index (χ0n) is 17.9. The molecule has 162 valence electrons. The minimum atomic E-state index is -0.278. The van der Waals surface area contributed by atoms with E-state index in [0.29, 0.717) is 19.6 Å². The number of benzene rings is 2. The van der Waals surface area contributed by atoms with Gasteiger partial charge in [0.05, 0.1) is 13.2 Å². The molecule has 0 spiro atoms. The number of ether oxygens (including phenoxy) is 3. The summed E-state index contributed by atoms with van der Waals surface area (Å²) >= 11 is 0. The fraction of sp³-hybridized carbons (Fsp3) is 0.458. The van der Waals surface area contributed by atoms with E-state index >= 15 is 0 Å². The lowest BCUT2D eigenvalue weighted by Gasteiger charge is -2.20. The zero-order chi connectivity index (χ0) is 21.3. The van der Waals surface area contributed by atoms with Crippen LogP contribution < -0.4 is 20.1 Å². The van der Waals surface area contributed by atoms with Gasteiger partial charge in [-0.1, -0.05) is 19.1 Å². The molecule has 1 aliphatic heterocycles. The first-order valence-electron chi connectivity index (χ1n) is 10.6. The Morgan fingerprint density at radius 1 is 1.10 bits per heavy atom. The molecule has 2 aromatic rings. The Hall–Kier alpha value is -2.73. The number of hydrogen-bond donors (Lipinski definition) is 1. The number of nitrogens with zero attached hydrogens (tertiary/aromatic N) is 1. The van der Waals surface area contributed by atoms with E-state index in [-0.39, 0.29) is 17.9 Å². The SMILES string of the molecule is COCCCOc1ccc(N2CC[C@@H](Oc3ccc([C@@H](C)CC(N)=O)cc3)C2)cc1. The van der Waals surface area contributed by atoms with Crippen molar-refractivity contribution in [3.8, 4) is 11.5 Å². The van der Waals surface area contributed by atoms with Crippen LogP contribution in [-0.4, -0.2) is 45.4 Å². The van der Waals surface area contributed by atoms with E-state index in [1.54, 1.807) is 7.11 Å². The van der Waals surface area contributed by atoms with Crippen LogP contribution in [-0.2, 0) is 9.53 Å². The van der Waals surface area contributed by atoms with Crippen LogP contribution in [0.15, 0.2) is 48.5 Å². The maximum Gasteiger partial charge on any atom is 0.218 e. The van der Waals surface area contributed by atoms with Crippen molar-refractivity contribution >= 4 is 11.6 Å². The molecule has 1 amide bonds. The molecule has 0 aliphatic carbocycles. The fourth-order valence-corrected chi connectivity index (χ4v) is 3.69. The zero-order valence-corrected chi connectivity index (χ0v) is 17.9. The van der Waals surface area contributed by atoms with Gasteiger partial charge in [-0.25, -0.2) is 0 Å². The second kappa shape index (κ2) is 10.9. The van der Waals surface area contributed by atoms with Crippen LogP contribution in [0.4, 0.5) is 5.69 Å². The van der Waals surface area contributed by atoms with E-state index in [1.807, 2.05) is 43.3 Å². The largest absolute Gasteiger partial charge is 0.494 e. The van der Waals surface area contributed by atoms with Crippen LogP contribution >= 0.6 is 0 Å². The standard InChI is InChI=1S/C24H32N2O4/c1-18(16-24(25)27)19-4-8-22(9-5-19)30-23-12-13-26(17-23)20-6-10-21(11-7-20)29-15-3-14-28-2/h4-11,18,23H,3,12-17H2,1-2H3,(H2,25,27)/t18-,23+/m0/s1. The Labute approximate surface area is 178 Å². The van der Waals surface area contributed by atoms with E-state index in [4.69, 9.17) is 19.9 Å². The second-order valence-electron chi connectivity index (χ2n) is 7.80. The van der Waals surface area contributed by atoms with Gasteiger partial charge in [-0.3, -0.25) is 4.79 Å². The monoisotopic (exact) mass is 412 g/mol. The molecule has 30 heavy (non-hydrogen) atoms. The summed E-state index contributed by atoms with van der Waals surface area (Å²) < 4.78 is 16.9. The average molecular weight is 413 g/mol. The van der Waals surface area contributed by atoms with Crippen molar-refractivity contribution < 1.29 is 19.0 Å². The lowest BCUT2D eigenvalue weighted by atomic mass is 9.97. The third-order valence-electron chi connectivity index (χ3n) is 5.37. The number of hydrogen-bond acceptors (Lipinski definition) is 5. The molecule has 1 aliphatic rings. The molecule has 2 aromatic carbocycles. The van der Waals surface area contributed by atoms with Gasteiger partial charge in [-0.15, -0.1) is 0 Å². The summed E-state index contributed by atoms with van der Waals surface area (Å²) in [6, 6.07) is 16.2. The van der Waals surface area contributed by atoms with Crippen molar-refractivity contribution in [3.05, 3.63) is 54.1 Å². The summed E-state index contributed by atoms with van der Waals surface area (Å²) in [5.74, 6) is 1.58. The number of carbonyl (C=O) groups excluding carboxylic acids is 1. The number of nitrogens with two attached hydrogens (primary N) is 1. The van der Waals surface area contributed by atoms with Crippen LogP contribution in [0, 0.1) is 0 Å². The fourth-order valence-electron chi connectivity index (χ4n) is 3.69. The lowest BCUT2D eigenvalue weighted by Crippen LogP contribution is -2.24. The maximum absolute atomic E-state index is 11.1. The van der Waals surface area contributed by atoms with Crippen molar-refractivity contribution in [3.63, 3.8) is 0 Å². The molecule has 6 nitrogen and oxygen atoms in total. The van der Waals surface area contributed by atoms with Gasteiger partial charge in [0.15, 0.2) is 0 Å². The molecule has 6 heteroatoms. The van der Waals surface area contributed by atoms with Gasteiger partial charge < -0.3 is 24.8 Å². The molecule has 0 aromatic heterocycles. The molecule has 2 N–H and O–H groups in total. The predicted octanol–water partition coefficient (Wildman–Crippen LogP) is 3.74. The Morgan fingerprint density at radius 3 is 2.47 bits per heavy atom. The first-order valence-corrected chi connectivity index (χ1v) is 10.6. The third kappa shape index (κ3) is 6.39. The Balaban J connectivity index is 1.47. The molecule has 0 bridgehead atoms. The van der Waals surface area contributed by atoms with Gasteiger partial charge in [-0.2, -0.15) is 0 Å². The Morgan fingerprint density at radius 2 is 1.80 bits per heavy atom. The highest BCUT2D eigenvalue weighted by Crippen LogP contribution is 2.27. The van der Waals surface area contributed by atoms with Gasteiger partial charge in [0.1, 0.15) is 17.6 Å². The quantitative estimate of drug-likeness (QED) is 0.569. The normalized spacial score (nSPS) is 17.0. The molecular weight excluding hydrogens is 380 g/mol. The molecule has 0 saturated carbocycles. The lowest BCUT2D eigenvalue weighted by molar-refractivity contribution is -0.118. The van der Waals surface area contributed by atoms with Crippen LogP contribution in [0.25, 0.3) is 0 Å². The third-order valence-corrected chi connectivity index (χ3v) is 5.37. The average Bonchev–Trinajstić information content (AvgIpc) is 3.20. The van der Waals surface area contributed by atoms with Crippen molar-refractivity contribution in [1.82, 2.24) is 0 Å². The predicted molar refractivity (Wildman–Crippen MR) is 118 cm³/mol. The minimum Gasteiger partial charge on any atom is -0.494 e. The highest BCUT2D eigenvalue weighted by Gasteiger charge is 2.24. The number of primary amides is 1. The van der Waals surface area contributed by atoms with E-state index < -0.39 is 0 Å².